The largest absolute Gasteiger partial charge is 0.461 e. The summed E-state index contributed by atoms with van der Waals surface area (Å²) in [5.74, 6) is -0.309. The van der Waals surface area contributed by atoms with Crippen molar-refractivity contribution >= 4 is 17.7 Å². The lowest BCUT2D eigenvalue weighted by Crippen LogP contribution is -2.17. The van der Waals surface area contributed by atoms with Gasteiger partial charge in [-0.2, -0.15) is 10.2 Å². The summed E-state index contributed by atoms with van der Waals surface area (Å²) in [5, 5.41) is 13.1. The molecule has 1 aliphatic rings. The zero-order valence-corrected chi connectivity index (χ0v) is 14.2. The Kier molecular flexibility index (Phi) is 4.72. The number of rotatable bonds is 6. The third kappa shape index (κ3) is 2.76. The van der Waals surface area contributed by atoms with Crippen molar-refractivity contribution in [1.82, 2.24) is 20.0 Å². The lowest BCUT2D eigenvalue weighted by Gasteiger charge is -2.12. The molecule has 0 aromatic carbocycles. The fourth-order valence-corrected chi connectivity index (χ4v) is 3.51. The molecule has 0 unspecified atom stereocenters. The highest BCUT2D eigenvalue weighted by molar-refractivity contribution is 7.98. The van der Waals surface area contributed by atoms with Crippen LogP contribution in [0, 0.1) is 0 Å². The Hall–Kier alpha value is -1.80. The van der Waals surface area contributed by atoms with Crippen LogP contribution in [0.5, 0.6) is 0 Å². The molecule has 3 rings (SSSR count). The van der Waals surface area contributed by atoms with Crippen LogP contribution in [-0.2, 0) is 24.1 Å². The Morgan fingerprint density at radius 2 is 2.30 bits per heavy atom. The Morgan fingerprint density at radius 3 is 3.00 bits per heavy atom. The van der Waals surface area contributed by atoms with Crippen LogP contribution in [0.3, 0.4) is 0 Å². The van der Waals surface area contributed by atoms with E-state index in [1.807, 2.05) is 13.2 Å². The fraction of sp³-hybridized carbons (Fsp3) is 0.533. The van der Waals surface area contributed by atoms with Gasteiger partial charge < -0.3 is 10.5 Å². The van der Waals surface area contributed by atoms with E-state index in [1.54, 1.807) is 16.4 Å². The summed E-state index contributed by atoms with van der Waals surface area (Å²) < 4.78 is 6.99. The van der Waals surface area contributed by atoms with E-state index in [1.165, 1.54) is 0 Å². The molecule has 8 heteroatoms. The number of nitrogens with zero attached hydrogens (tertiary/aromatic N) is 3. The lowest BCUT2D eigenvalue weighted by atomic mass is 9.94. The predicted octanol–water partition coefficient (Wildman–Crippen LogP) is 1.62. The summed E-state index contributed by atoms with van der Waals surface area (Å²) in [5.41, 5.74) is 10.1. The monoisotopic (exact) mass is 335 g/mol. The van der Waals surface area contributed by atoms with Gasteiger partial charge in [-0.05, 0) is 39.0 Å². The van der Waals surface area contributed by atoms with Crippen molar-refractivity contribution in [1.29, 1.82) is 0 Å². The van der Waals surface area contributed by atoms with Gasteiger partial charge in [-0.25, -0.2) is 4.79 Å². The highest BCUT2D eigenvalue weighted by atomic mass is 32.2. The molecule has 0 saturated carbocycles. The Morgan fingerprint density at radius 1 is 1.48 bits per heavy atom. The van der Waals surface area contributed by atoms with E-state index in [-0.39, 0.29) is 5.97 Å². The number of carbonyl (C=O) groups is 1. The topological polar surface area (TPSA) is 98.8 Å². The number of carbonyl (C=O) groups excluding carboxylic acids is 1. The highest BCUT2D eigenvalue weighted by Gasteiger charge is 2.31. The quantitative estimate of drug-likeness (QED) is 0.615. The van der Waals surface area contributed by atoms with Gasteiger partial charge in [-0.15, -0.1) is 11.8 Å². The van der Waals surface area contributed by atoms with Crippen molar-refractivity contribution < 1.29 is 9.53 Å². The number of aryl methyl sites for hydroxylation is 2. The Labute approximate surface area is 139 Å². The standard InChI is InChI=1S/C15H21N5O2S/c1-3-22-15(21)13-9-5-6-10-11(14(23-2)18-17-10)12(9)19-20(13)8-4-7-16/h3-8,16H2,1-2H3,(H,17,18). The molecule has 0 bridgehead atoms. The first-order valence-electron chi connectivity index (χ1n) is 7.79. The zero-order valence-electron chi connectivity index (χ0n) is 13.4. The molecule has 23 heavy (non-hydrogen) atoms. The molecule has 0 fully saturated rings. The molecule has 3 N–H and O–H groups in total. The average molecular weight is 335 g/mol. The summed E-state index contributed by atoms with van der Waals surface area (Å²) in [4.78, 5) is 12.4. The number of hydrogen-bond acceptors (Lipinski definition) is 6. The maximum atomic E-state index is 12.4. The van der Waals surface area contributed by atoms with Gasteiger partial charge in [0.2, 0.25) is 0 Å². The number of nitrogens with two attached hydrogens (primary N) is 1. The van der Waals surface area contributed by atoms with Gasteiger partial charge in [0.05, 0.1) is 12.2 Å². The smallest absolute Gasteiger partial charge is 0.356 e. The van der Waals surface area contributed by atoms with Crippen LogP contribution < -0.4 is 5.73 Å². The number of H-pyrrole nitrogens is 1. The van der Waals surface area contributed by atoms with Gasteiger partial charge in [0.15, 0.2) is 0 Å². The average Bonchev–Trinajstić information content (AvgIpc) is 3.13. The number of aromatic amines is 1. The second-order valence-corrected chi connectivity index (χ2v) is 6.14. The predicted molar refractivity (Wildman–Crippen MR) is 88.6 cm³/mol. The number of ether oxygens (including phenoxy) is 1. The third-order valence-electron chi connectivity index (χ3n) is 3.96. The van der Waals surface area contributed by atoms with Crippen molar-refractivity contribution in [3.8, 4) is 11.3 Å². The molecule has 1 aliphatic carbocycles. The van der Waals surface area contributed by atoms with Crippen LogP contribution in [0.25, 0.3) is 11.3 Å². The lowest BCUT2D eigenvalue weighted by molar-refractivity contribution is 0.0510. The number of hydrogen-bond donors (Lipinski definition) is 2. The van der Waals surface area contributed by atoms with Crippen LogP contribution in [0.4, 0.5) is 0 Å². The summed E-state index contributed by atoms with van der Waals surface area (Å²) in [6, 6.07) is 0. The molecule has 2 aromatic rings. The van der Waals surface area contributed by atoms with E-state index < -0.39 is 0 Å². The van der Waals surface area contributed by atoms with E-state index in [9.17, 15) is 4.79 Å². The third-order valence-corrected chi connectivity index (χ3v) is 4.64. The number of esters is 1. The van der Waals surface area contributed by atoms with Gasteiger partial charge in [0, 0.05) is 17.8 Å². The minimum atomic E-state index is -0.309. The van der Waals surface area contributed by atoms with E-state index in [0.29, 0.717) is 25.4 Å². The van der Waals surface area contributed by atoms with Gasteiger partial charge >= 0.3 is 5.97 Å². The summed E-state index contributed by atoms with van der Waals surface area (Å²) in [7, 11) is 0. The minimum absolute atomic E-state index is 0.309. The van der Waals surface area contributed by atoms with Crippen LogP contribution in [0.1, 0.15) is 35.1 Å². The summed E-state index contributed by atoms with van der Waals surface area (Å²) in [6.45, 7) is 3.33. The van der Waals surface area contributed by atoms with Crippen molar-refractivity contribution in [2.75, 3.05) is 19.4 Å². The molecule has 2 aromatic heterocycles. The summed E-state index contributed by atoms with van der Waals surface area (Å²) >= 11 is 1.58. The molecule has 7 nitrogen and oxygen atoms in total. The van der Waals surface area contributed by atoms with Gasteiger partial charge in [-0.1, -0.05) is 0 Å². The molecule has 2 heterocycles. The second-order valence-electron chi connectivity index (χ2n) is 5.35. The maximum Gasteiger partial charge on any atom is 0.356 e. The molecule has 0 spiro atoms. The molecule has 0 atom stereocenters. The minimum Gasteiger partial charge on any atom is -0.461 e. The van der Waals surface area contributed by atoms with Crippen molar-refractivity contribution in [3.63, 3.8) is 0 Å². The zero-order chi connectivity index (χ0) is 16.4. The van der Waals surface area contributed by atoms with E-state index in [0.717, 1.165) is 46.8 Å². The van der Waals surface area contributed by atoms with E-state index in [2.05, 4.69) is 10.2 Å². The van der Waals surface area contributed by atoms with Crippen molar-refractivity contribution in [2.45, 2.75) is 37.8 Å². The van der Waals surface area contributed by atoms with Gasteiger partial charge in [-0.3, -0.25) is 9.78 Å². The molecule has 0 aliphatic heterocycles. The van der Waals surface area contributed by atoms with Crippen LogP contribution >= 0.6 is 11.8 Å². The van der Waals surface area contributed by atoms with E-state index in [4.69, 9.17) is 15.6 Å². The van der Waals surface area contributed by atoms with Crippen molar-refractivity contribution in [3.05, 3.63) is 17.0 Å². The first kappa shape index (κ1) is 16.1. The van der Waals surface area contributed by atoms with Gasteiger partial charge in [0.25, 0.3) is 0 Å². The molecule has 124 valence electrons. The first-order chi connectivity index (χ1) is 11.2. The first-order valence-corrected chi connectivity index (χ1v) is 9.02. The molecule has 0 saturated heterocycles. The number of fused-ring (bicyclic) bond motifs is 3. The van der Waals surface area contributed by atoms with Crippen LogP contribution in [0.2, 0.25) is 0 Å². The van der Waals surface area contributed by atoms with Crippen LogP contribution in [0.15, 0.2) is 5.03 Å². The van der Waals surface area contributed by atoms with Gasteiger partial charge in [0.1, 0.15) is 16.4 Å². The second kappa shape index (κ2) is 6.76. The highest BCUT2D eigenvalue weighted by Crippen LogP contribution is 2.39. The fourth-order valence-electron chi connectivity index (χ4n) is 2.95. The molecular weight excluding hydrogens is 314 g/mol. The molecule has 0 amide bonds. The number of thioether (sulfide) groups is 1. The Bertz CT molecular complexity index is 708. The number of aromatic nitrogens is 4. The molecular formula is C15H21N5O2S. The van der Waals surface area contributed by atoms with E-state index >= 15 is 0 Å². The Balaban J connectivity index is 2.12. The molecule has 0 radical (unpaired) electrons. The SMILES string of the molecule is CCOC(=O)c1c2c(nn1CCCN)-c1c(SC)n[nH]c1CC2. The number of nitrogens with one attached hydrogen (secondary N) is 1. The summed E-state index contributed by atoms with van der Waals surface area (Å²) in [6.07, 6.45) is 4.34. The van der Waals surface area contributed by atoms with Crippen LogP contribution in [-0.4, -0.2) is 45.4 Å². The van der Waals surface area contributed by atoms with Crippen molar-refractivity contribution in [2.24, 2.45) is 5.73 Å². The normalized spacial score (nSPS) is 12.8. The maximum absolute atomic E-state index is 12.4.